The van der Waals surface area contributed by atoms with Crippen molar-refractivity contribution in [1.82, 2.24) is 9.97 Å². The van der Waals surface area contributed by atoms with E-state index in [1.807, 2.05) is 6.07 Å². The summed E-state index contributed by atoms with van der Waals surface area (Å²) in [6, 6.07) is 11.1. The molecule has 1 heterocycles. The molecule has 1 atom stereocenters. The van der Waals surface area contributed by atoms with Gasteiger partial charge in [0.2, 0.25) is 0 Å². The zero-order valence-corrected chi connectivity index (χ0v) is 11.8. The normalized spacial score (nSPS) is 17.4. The van der Waals surface area contributed by atoms with Gasteiger partial charge in [-0.1, -0.05) is 24.3 Å². The van der Waals surface area contributed by atoms with E-state index in [-0.39, 0.29) is 0 Å². The quantitative estimate of drug-likeness (QED) is 0.895. The Balaban J connectivity index is 1.69. The van der Waals surface area contributed by atoms with Gasteiger partial charge in [0, 0.05) is 18.7 Å². The molecule has 0 bridgehead atoms. The van der Waals surface area contributed by atoms with Crippen molar-refractivity contribution in [3.63, 3.8) is 0 Å². The molecular weight excluding hydrogens is 248 g/mol. The Morgan fingerprint density at radius 1 is 1.15 bits per heavy atom. The molecule has 1 aliphatic carbocycles. The molecule has 2 N–H and O–H groups in total. The highest BCUT2D eigenvalue weighted by Gasteiger charge is 2.18. The molecule has 1 unspecified atom stereocenters. The SMILES string of the molecule is CCNc1cc(NC2CCc3ccccc3C2)ncn1. The van der Waals surface area contributed by atoms with Crippen LogP contribution in [0.3, 0.4) is 0 Å². The third-order valence-corrected chi connectivity index (χ3v) is 3.72. The van der Waals surface area contributed by atoms with Crippen molar-refractivity contribution < 1.29 is 0 Å². The molecule has 2 aromatic rings. The lowest BCUT2D eigenvalue weighted by molar-refractivity contribution is 0.608. The van der Waals surface area contributed by atoms with Gasteiger partial charge in [0.05, 0.1) is 0 Å². The zero-order valence-electron chi connectivity index (χ0n) is 11.8. The molecular formula is C16H20N4. The van der Waals surface area contributed by atoms with E-state index in [4.69, 9.17) is 0 Å². The third-order valence-electron chi connectivity index (χ3n) is 3.72. The minimum Gasteiger partial charge on any atom is -0.370 e. The Bertz CT molecular complexity index is 582. The van der Waals surface area contributed by atoms with Crippen molar-refractivity contribution in [2.45, 2.75) is 32.2 Å². The molecule has 1 aromatic heterocycles. The maximum Gasteiger partial charge on any atom is 0.131 e. The van der Waals surface area contributed by atoms with Crippen molar-refractivity contribution in [3.8, 4) is 0 Å². The first-order chi connectivity index (χ1) is 9.85. The van der Waals surface area contributed by atoms with Crippen LogP contribution in [-0.4, -0.2) is 22.6 Å². The van der Waals surface area contributed by atoms with Crippen molar-refractivity contribution in [2.75, 3.05) is 17.2 Å². The van der Waals surface area contributed by atoms with E-state index in [1.165, 1.54) is 11.1 Å². The zero-order chi connectivity index (χ0) is 13.8. The Kier molecular flexibility index (Phi) is 3.81. The maximum absolute atomic E-state index is 4.31. The van der Waals surface area contributed by atoms with Crippen LogP contribution < -0.4 is 10.6 Å². The summed E-state index contributed by atoms with van der Waals surface area (Å²) in [7, 11) is 0. The number of benzene rings is 1. The van der Waals surface area contributed by atoms with Gasteiger partial charge in [-0.3, -0.25) is 0 Å². The van der Waals surface area contributed by atoms with Gasteiger partial charge in [0.1, 0.15) is 18.0 Å². The second-order valence-corrected chi connectivity index (χ2v) is 5.17. The average Bonchev–Trinajstić information content (AvgIpc) is 2.48. The fourth-order valence-electron chi connectivity index (χ4n) is 2.74. The second-order valence-electron chi connectivity index (χ2n) is 5.17. The van der Waals surface area contributed by atoms with Crippen LogP contribution >= 0.6 is 0 Å². The summed E-state index contributed by atoms with van der Waals surface area (Å²) >= 11 is 0. The second kappa shape index (κ2) is 5.90. The Hall–Kier alpha value is -2.10. The van der Waals surface area contributed by atoms with Gasteiger partial charge < -0.3 is 10.6 Å². The number of rotatable bonds is 4. The van der Waals surface area contributed by atoms with Gasteiger partial charge in [0.15, 0.2) is 0 Å². The molecule has 4 nitrogen and oxygen atoms in total. The van der Waals surface area contributed by atoms with Crippen LogP contribution in [0, 0.1) is 0 Å². The van der Waals surface area contributed by atoms with Crippen LogP contribution in [0.25, 0.3) is 0 Å². The maximum atomic E-state index is 4.31. The molecule has 0 fully saturated rings. The van der Waals surface area contributed by atoms with E-state index in [0.29, 0.717) is 6.04 Å². The van der Waals surface area contributed by atoms with E-state index in [9.17, 15) is 0 Å². The lowest BCUT2D eigenvalue weighted by Crippen LogP contribution is -2.27. The molecule has 4 heteroatoms. The smallest absolute Gasteiger partial charge is 0.131 e. The first kappa shape index (κ1) is 12.9. The standard InChI is InChI=1S/C16H20N4/c1-2-17-15-10-16(19-11-18-15)20-14-8-7-12-5-3-4-6-13(12)9-14/h3-6,10-11,14H,2,7-9H2,1H3,(H2,17,18,19,20). The predicted molar refractivity (Wildman–Crippen MR) is 82.1 cm³/mol. The van der Waals surface area contributed by atoms with E-state index < -0.39 is 0 Å². The first-order valence-corrected chi connectivity index (χ1v) is 7.24. The van der Waals surface area contributed by atoms with Crippen LogP contribution in [0.15, 0.2) is 36.7 Å². The number of nitrogens with one attached hydrogen (secondary N) is 2. The van der Waals surface area contributed by atoms with Crippen LogP contribution in [0.1, 0.15) is 24.5 Å². The molecule has 1 aliphatic rings. The average molecular weight is 268 g/mol. The number of fused-ring (bicyclic) bond motifs is 1. The van der Waals surface area contributed by atoms with E-state index in [1.54, 1.807) is 6.33 Å². The fraction of sp³-hybridized carbons (Fsp3) is 0.375. The van der Waals surface area contributed by atoms with Crippen molar-refractivity contribution >= 4 is 11.6 Å². The molecule has 20 heavy (non-hydrogen) atoms. The molecule has 0 saturated carbocycles. The number of hydrogen-bond acceptors (Lipinski definition) is 4. The minimum absolute atomic E-state index is 0.453. The third kappa shape index (κ3) is 2.90. The number of anilines is 2. The molecule has 0 saturated heterocycles. The Labute approximate surface area is 119 Å². The van der Waals surface area contributed by atoms with Crippen molar-refractivity contribution in [1.29, 1.82) is 0 Å². The summed E-state index contributed by atoms with van der Waals surface area (Å²) in [4.78, 5) is 8.51. The van der Waals surface area contributed by atoms with Gasteiger partial charge in [-0.2, -0.15) is 0 Å². The number of aryl methyl sites for hydroxylation is 1. The van der Waals surface area contributed by atoms with Gasteiger partial charge in [-0.15, -0.1) is 0 Å². The van der Waals surface area contributed by atoms with Crippen molar-refractivity contribution in [3.05, 3.63) is 47.8 Å². The van der Waals surface area contributed by atoms with Crippen LogP contribution in [0.2, 0.25) is 0 Å². The molecule has 0 radical (unpaired) electrons. The topological polar surface area (TPSA) is 49.8 Å². The Morgan fingerprint density at radius 3 is 2.80 bits per heavy atom. The summed E-state index contributed by atoms with van der Waals surface area (Å²) in [5.41, 5.74) is 2.94. The molecule has 0 aliphatic heterocycles. The van der Waals surface area contributed by atoms with E-state index in [2.05, 4.69) is 51.8 Å². The highest BCUT2D eigenvalue weighted by Crippen LogP contribution is 2.23. The van der Waals surface area contributed by atoms with Gasteiger partial charge in [-0.05, 0) is 37.3 Å². The predicted octanol–water partition coefficient (Wildman–Crippen LogP) is 2.88. The van der Waals surface area contributed by atoms with Gasteiger partial charge in [-0.25, -0.2) is 9.97 Å². The summed E-state index contributed by atoms with van der Waals surface area (Å²) in [6.07, 6.45) is 4.96. The minimum atomic E-state index is 0.453. The lowest BCUT2D eigenvalue weighted by atomic mass is 9.88. The molecule has 3 rings (SSSR count). The summed E-state index contributed by atoms with van der Waals surface area (Å²) in [5, 5.41) is 6.74. The molecule has 0 amide bonds. The first-order valence-electron chi connectivity index (χ1n) is 7.24. The van der Waals surface area contributed by atoms with Gasteiger partial charge in [0.25, 0.3) is 0 Å². The van der Waals surface area contributed by atoms with Crippen LogP contribution in [-0.2, 0) is 12.8 Å². The summed E-state index contributed by atoms with van der Waals surface area (Å²) < 4.78 is 0. The molecule has 0 spiro atoms. The van der Waals surface area contributed by atoms with Gasteiger partial charge >= 0.3 is 0 Å². The van der Waals surface area contributed by atoms with Crippen LogP contribution in [0.5, 0.6) is 0 Å². The number of nitrogens with zero attached hydrogens (tertiary/aromatic N) is 2. The highest BCUT2D eigenvalue weighted by atomic mass is 15.1. The summed E-state index contributed by atoms with van der Waals surface area (Å²) in [6.45, 7) is 2.93. The summed E-state index contributed by atoms with van der Waals surface area (Å²) in [5.74, 6) is 1.78. The number of aromatic nitrogens is 2. The lowest BCUT2D eigenvalue weighted by Gasteiger charge is -2.25. The number of hydrogen-bond donors (Lipinski definition) is 2. The highest BCUT2D eigenvalue weighted by molar-refractivity contribution is 5.47. The monoisotopic (exact) mass is 268 g/mol. The molecule has 104 valence electrons. The van der Waals surface area contributed by atoms with E-state index >= 15 is 0 Å². The van der Waals surface area contributed by atoms with E-state index in [0.717, 1.165) is 37.4 Å². The molecule has 1 aromatic carbocycles. The largest absolute Gasteiger partial charge is 0.370 e. The fourth-order valence-corrected chi connectivity index (χ4v) is 2.74. The van der Waals surface area contributed by atoms with Crippen molar-refractivity contribution in [2.24, 2.45) is 0 Å². The van der Waals surface area contributed by atoms with Crippen LogP contribution in [0.4, 0.5) is 11.6 Å². The Morgan fingerprint density at radius 2 is 1.95 bits per heavy atom.